The predicted octanol–water partition coefficient (Wildman–Crippen LogP) is 4.49. The van der Waals surface area contributed by atoms with Gasteiger partial charge in [0.1, 0.15) is 0 Å². The summed E-state index contributed by atoms with van der Waals surface area (Å²) in [6.07, 6.45) is 9.64. The van der Waals surface area contributed by atoms with Gasteiger partial charge in [0, 0.05) is 11.5 Å². The Balaban J connectivity index is 4.16. The third-order valence-electron chi connectivity index (χ3n) is 3.25. The molecule has 0 N–H and O–H groups in total. The van der Waals surface area contributed by atoms with Crippen LogP contribution < -0.4 is 0 Å². The molecule has 0 spiro atoms. The molecule has 1 unspecified atom stereocenters. The number of unbranched alkanes of at least 4 members (excludes halogenated alkanes) is 3. The molecule has 0 saturated heterocycles. The quantitative estimate of drug-likeness (QED) is 0.319. The van der Waals surface area contributed by atoms with Crippen molar-refractivity contribution in [3.63, 3.8) is 0 Å². The van der Waals surface area contributed by atoms with Crippen LogP contribution in [0.15, 0.2) is 12.7 Å². The number of hydrogen-bond donors (Lipinski definition) is 0. The Morgan fingerprint density at radius 2 is 1.76 bits per heavy atom. The molecular formula is C15H28O2. The van der Waals surface area contributed by atoms with Crippen molar-refractivity contribution in [1.29, 1.82) is 0 Å². The van der Waals surface area contributed by atoms with Gasteiger partial charge in [0.05, 0.1) is 6.61 Å². The monoisotopic (exact) mass is 240 g/mol. The molecule has 0 rings (SSSR count). The number of rotatable bonds is 10. The third kappa shape index (κ3) is 8.00. The van der Waals surface area contributed by atoms with Crippen molar-refractivity contribution < 1.29 is 9.53 Å². The molecular weight excluding hydrogens is 212 g/mol. The van der Waals surface area contributed by atoms with E-state index >= 15 is 0 Å². The lowest BCUT2D eigenvalue weighted by molar-refractivity contribution is -0.141. The second kappa shape index (κ2) is 9.26. The lowest BCUT2D eigenvalue weighted by atomic mass is 9.81. The van der Waals surface area contributed by atoms with E-state index in [2.05, 4.69) is 27.4 Å². The third-order valence-corrected chi connectivity index (χ3v) is 3.25. The zero-order valence-corrected chi connectivity index (χ0v) is 11.8. The Kier molecular flexibility index (Phi) is 8.83. The number of carbonyl (C=O) groups excluding carboxylic acids is 1. The molecule has 0 fully saturated rings. The van der Waals surface area contributed by atoms with Crippen LogP contribution in [-0.2, 0) is 9.53 Å². The average Bonchev–Trinajstić information content (AvgIpc) is 2.34. The summed E-state index contributed by atoms with van der Waals surface area (Å²) in [5.74, 6) is -0.303. The van der Waals surface area contributed by atoms with Crippen LogP contribution in [0.25, 0.3) is 0 Å². The molecule has 0 aliphatic carbocycles. The molecule has 0 bridgehead atoms. The molecule has 0 aliphatic rings. The van der Waals surface area contributed by atoms with Crippen LogP contribution in [0.3, 0.4) is 0 Å². The smallest absolute Gasteiger partial charge is 0.330 e. The summed E-state index contributed by atoms with van der Waals surface area (Å²) in [5.41, 5.74) is 0.143. The minimum atomic E-state index is -0.303. The average molecular weight is 240 g/mol. The number of carbonyl (C=O) groups is 1. The first-order chi connectivity index (χ1) is 8.08. The SMILES string of the molecule is C=CC(=O)OCC(C)(CCCC)CCCCC. The lowest BCUT2D eigenvalue weighted by Gasteiger charge is -2.29. The Morgan fingerprint density at radius 1 is 1.18 bits per heavy atom. The molecule has 0 aliphatic heterocycles. The first-order valence-corrected chi connectivity index (χ1v) is 6.87. The van der Waals surface area contributed by atoms with Gasteiger partial charge < -0.3 is 4.74 Å². The van der Waals surface area contributed by atoms with E-state index in [0.717, 1.165) is 12.8 Å². The molecule has 0 aromatic carbocycles. The fourth-order valence-corrected chi connectivity index (χ4v) is 1.98. The molecule has 17 heavy (non-hydrogen) atoms. The highest BCUT2D eigenvalue weighted by molar-refractivity contribution is 5.81. The van der Waals surface area contributed by atoms with Gasteiger partial charge in [0.25, 0.3) is 0 Å². The Morgan fingerprint density at radius 3 is 2.29 bits per heavy atom. The summed E-state index contributed by atoms with van der Waals surface area (Å²) in [5, 5.41) is 0. The standard InChI is InChI=1S/C15H28O2/c1-5-8-10-12-15(4,11-9-6-2)13-17-14(16)7-3/h7H,3,5-6,8-13H2,1-2,4H3. The molecule has 0 heterocycles. The largest absolute Gasteiger partial charge is 0.462 e. The highest BCUT2D eigenvalue weighted by Gasteiger charge is 2.24. The molecule has 0 aromatic heterocycles. The zero-order valence-electron chi connectivity index (χ0n) is 11.8. The van der Waals surface area contributed by atoms with E-state index in [-0.39, 0.29) is 11.4 Å². The van der Waals surface area contributed by atoms with Gasteiger partial charge in [0.15, 0.2) is 0 Å². The topological polar surface area (TPSA) is 26.3 Å². The number of esters is 1. The second-order valence-corrected chi connectivity index (χ2v) is 5.18. The van der Waals surface area contributed by atoms with E-state index in [9.17, 15) is 4.79 Å². The number of hydrogen-bond acceptors (Lipinski definition) is 2. The van der Waals surface area contributed by atoms with Gasteiger partial charge in [-0.3, -0.25) is 0 Å². The Bertz CT molecular complexity index is 223. The van der Waals surface area contributed by atoms with Gasteiger partial charge in [-0.2, -0.15) is 0 Å². The van der Waals surface area contributed by atoms with Crippen molar-refractivity contribution in [2.45, 2.75) is 65.7 Å². The van der Waals surface area contributed by atoms with Gasteiger partial charge in [0.2, 0.25) is 0 Å². The predicted molar refractivity (Wildman–Crippen MR) is 72.9 cm³/mol. The zero-order chi connectivity index (χ0) is 13.1. The summed E-state index contributed by atoms with van der Waals surface area (Å²) in [6, 6.07) is 0. The fraction of sp³-hybridized carbons (Fsp3) is 0.800. The summed E-state index contributed by atoms with van der Waals surface area (Å²) in [6.45, 7) is 10.6. The van der Waals surface area contributed by atoms with Gasteiger partial charge >= 0.3 is 5.97 Å². The maximum absolute atomic E-state index is 11.1. The molecule has 2 nitrogen and oxygen atoms in total. The molecule has 0 radical (unpaired) electrons. The van der Waals surface area contributed by atoms with Crippen LogP contribution in [-0.4, -0.2) is 12.6 Å². The highest BCUT2D eigenvalue weighted by atomic mass is 16.5. The fourth-order valence-electron chi connectivity index (χ4n) is 1.98. The molecule has 100 valence electrons. The molecule has 0 saturated carbocycles. The summed E-state index contributed by atoms with van der Waals surface area (Å²) in [4.78, 5) is 11.1. The lowest BCUT2D eigenvalue weighted by Crippen LogP contribution is -2.25. The summed E-state index contributed by atoms with van der Waals surface area (Å²) < 4.78 is 5.23. The Hall–Kier alpha value is -0.790. The van der Waals surface area contributed by atoms with Crippen LogP contribution in [0.4, 0.5) is 0 Å². The summed E-state index contributed by atoms with van der Waals surface area (Å²) >= 11 is 0. The minimum Gasteiger partial charge on any atom is -0.462 e. The van der Waals surface area contributed by atoms with Crippen LogP contribution in [0.1, 0.15) is 65.7 Å². The van der Waals surface area contributed by atoms with Crippen molar-refractivity contribution in [3.8, 4) is 0 Å². The molecule has 1 atom stereocenters. The van der Waals surface area contributed by atoms with Gasteiger partial charge in [-0.15, -0.1) is 0 Å². The van der Waals surface area contributed by atoms with Gasteiger partial charge in [-0.1, -0.05) is 59.5 Å². The Labute approximate surface area is 106 Å². The van der Waals surface area contributed by atoms with Crippen molar-refractivity contribution in [2.24, 2.45) is 5.41 Å². The summed E-state index contributed by atoms with van der Waals surface area (Å²) in [7, 11) is 0. The van der Waals surface area contributed by atoms with Crippen molar-refractivity contribution in [1.82, 2.24) is 0 Å². The second-order valence-electron chi connectivity index (χ2n) is 5.18. The molecule has 0 amide bonds. The van der Waals surface area contributed by atoms with Crippen molar-refractivity contribution in [2.75, 3.05) is 6.61 Å². The molecule has 2 heteroatoms. The van der Waals surface area contributed by atoms with E-state index in [1.807, 2.05) is 0 Å². The van der Waals surface area contributed by atoms with E-state index in [1.54, 1.807) is 0 Å². The van der Waals surface area contributed by atoms with E-state index in [0.29, 0.717) is 6.61 Å². The van der Waals surface area contributed by atoms with Crippen LogP contribution in [0, 0.1) is 5.41 Å². The van der Waals surface area contributed by atoms with E-state index in [1.165, 1.54) is 38.2 Å². The van der Waals surface area contributed by atoms with E-state index in [4.69, 9.17) is 4.74 Å². The van der Waals surface area contributed by atoms with Gasteiger partial charge in [-0.25, -0.2) is 4.79 Å². The van der Waals surface area contributed by atoms with E-state index < -0.39 is 0 Å². The van der Waals surface area contributed by atoms with Crippen LogP contribution >= 0.6 is 0 Å². The normalized spacial score (nSPS) is 14.1. The highest BCUT2D eigenvalue weighted by Crippen LogP contribution is 2.31. The maximum atomic E-state index is 11.1. The maximum Gasteiger partial charge on any atom is 0.330 e. The first-order valence-electron chi connectivity index (χ1n) is 6.87. The number of ether oxygens (including phenoxy) is 1. The molecule has 0 aromatic rings. The minimum absolute atomic E-state index is 0.143. The van der Waals surface area contributed by atoms with Crippen LogP contribution in [0.5, 0.6) is 0 Å². The van der Waals surface area contributed by atoms with Gasteiger partial charge in [-0.05, 0) is 12.8 Å². The first kappa shape index (κ1) is 16.2. The van der Waals surface area contributed by atoms with Crippen molar-refractivity contribution in [3.05, 3.63) is 12.7 Å². The van der Waals surface area contributed by atoms with Crippen molar-refractivity contribution >= 4 is 5.97 Å². The van der Waals surface area contributed by atoms with Crippen LogP contribution in [0.2, 0.25) is 0 Å².